The first-order chi connectivity index (χ1) is 16.5. The van der Waals surface area contributed by atoms with Crippen molar-refractivity contribution in [3.63, 3.8) is 0 Å². The summed E-state index contributed by atoms with van der Waals surface area (Å²) in [5.41, 5.74) is 2.94. The lowest BCUT2D eigenvalue weighted by molar-refractivity contribution is -0.150. The van der Waals surface area contributed by atoms with E-state index in [0.717, 1.165) is 49.6 Å². The number of amides is 2. The fourth-order valence-corrected chi connectivity index (χ4v) is 5.51. The van der Waals surface area contributed by atoms with Crippen LogP contribution in [0.2, 0.25) is 0 Å². The average molecular weight is 465 g/mol. The predicted molar refractivity (Wildman–Crippen MR) is 127 cm³/mol. The molecule has 0 aliphatic carbocycles. The van der Waals surface area contributed by atoms with E-state index in [1.54, 1.807) is 4.90 Å². The van der Waals surface area contributed by atoms with Gasteiger partial charge in [-0.1, -0.05) is 6.07 Å². The second-order valence-electron chi connectivity index (χ2n) is 9.13. The van der Waals surface area contributed by atoms with E-state index in [1.807, 2.05) is 23.1 Å². The van der Waals surface area contributed by atoms with E-state index in [2.05, 4.69) is 28.4 Å². The Morgan fingerprint density at radius 2 is 1.88 bits per heavy atom. The summed E-state index contributed by atoms with van der Waals surface area (Å²) >= 11 is 0. The number of nitriles is 1. The smallest absolute Gasteiger partial charge is 0.315 e. The van der Waals surface area contributed by atoms with Gasteiger partial charge in [0.2, 0.25) is 11.8 Å². The number of methoxy groups -OCH3 is 1. The summed E-state index contributed by atoms with van der Waals surface area (Å²) in [6.07, 6.45) is 4.70. The zero-order valence-corrected chi connectivity index (χ0v) is 20.0. The Hall–Kier alpha value is -3.34. The van der Waals surface area contributed by atoms with Gasteiger partial charge in [-0.05, 0) is 69.0 Å². The van der Waals surface area contributed by atoms with Crippen molar-refractivity contribution in [1.82, 2.24) is 14.4 Å². The van der Waals surface area contributed by atoms with E-state index in [9.17, 15) is 19.6 Å². The lowest BCUT2D eigenvalue weighted by Crippen LogP contribution is -2.49. The number of benzene rings is 1. The summed E-state index contributed by atoms with van der Waals surface area (Å²) in [4.78, 5) is 41.1. The van der Waals surface area contributed by atoms with E-state index in [4.69, 9.17) is 0 Å². The Morgan fingerprint density at radius 3 is 2.62 bits per heavy atom. The first kappa shape index (κ1) is 23.8. The van der Waals surface area contributed by atoms with Gasteiger partial charge < -0.3 is 19.1 Å². The molecule has 0 spiro atoms. The molecule has 1 aromatic carbocycles. The maximum absolute atomic E-state index is 13.5. The number of likely N-dealkylation sites (tertiary alicyclic amines) is 2. The number of aromatic nitrogens is 1. The van der Waals surface area contributed by atoms with Crippen molar-refractivity contribution < 1.29 is 19.1 Å². The molecule has 0 unspecified atom stereocenters. The van der Waals surface area contributed by atoms with Gasteiger partial charge in [-0.2, -0.15) is 5.26 Å². The van der Waals surface area contributed by atoms with Crippen molar-refractivity contribution in [2.45, 2.75) is 70.5 Å². The minimum absolute atomic E-state index is 0.00733. The Balaban J connectivity index is 1.45. The molecule has 2 amide bonds. The zero-order valence-electron chi connectivity index (χ0n) is 20.0. The maximum atomic E-state index is 13.5. The maximum Gasteiger partial charge on any atom is 0.315 e. The minimum atomic E-state index is -0.574. The number of rotatable bonds is 7. The highest BCUT2D eigenvalue weighted by atomic mass is 16.5. The van der Waals surface area contributed by atoms with Crippen LogP contribution in [0.25, 0.3) is 10.9 Å². The number of ether oxygens (including phenoxy) is 1. The van der Waals surface area contributed by atoms with Gasteiger partial charge >= 0.3 is 5.97 Å². The molecule has 180 valence electrons. The summed E-state index contributed by atoms with van der Waals surface area (Å²) in [7, 11) is 1.26. The molecule has 4 rings (SSSR count). The van der Waals surface area contributed by atoms with Crippen molar-refractivity contribution in [2.75, 3.05) is 20.2 Å². The summed E-state index contributed by atoms with van der Waals surface area (Å²) in [5, 5.41) is 10.4. The number of carbonyl (C=O) groups is 3. The lowest BCUT2D eigenvalue weighted by atomic mass is 10.1. The van der Waals surface area contributed by atoms with Gasteiger partial charge in [-0.15, -0.1) is 0 Å². The Kier molecular flexibility index (Phi) is 7.20. The molecule has 3 heterocycles. The minimum Gasteiger partial charge on any atom is -0.469 e. The van der Waals surface area contributed by atoms with E-state index in [-0.39, 0.29) is 24.3 Å². The molecule has 2 aliphatic heterocycles. The molecule has 0 bridgehead atoms. The lowest BCUT2D eigenvalue weighted by Gasteiger charge is -2.31. The van der Waals surface area contributed by atoms with Gasteiger partial charge in [0.25, 0.3) is 0 Å². The molecule has 8 nitrogen and oxygen atoms in total. The fourth-order valence-electron chi connectivity index (χ4n) is 5.51. The van der Waals surface area contributed by atoms with Gasteiger partial charge in [0.05, 0.1) is 18.7 Å². The monoisotopic (exact) mass is 464 g/mol. The fraction of sp³-hybridized carbons (Fsp3) is 0.538. The van der Waals surface area contributed by atoms with Gasteiger partial charge in [0.1, 0.15) is 12.5 Å². The van der Waals surface area contributed by atoms with Crippen LogP contribution in [0.3, 0.4) is 0 Å². The second-order valence-corrected chi connectivity index (χ2v) is 9.13. The van der Waals surface area contributed by atoms with Crippen LogP contribution in [0.4, 0.5) is 0 Å². The Labute approximate surface area is 200 Å². The summed E-state index contributed by atoms with van der Waals surface area (Å²) in [6, 6.07) is 9.84. The molecule has 8 heteroatoms. The van der Waals surface area contributed by atoms with Crippen molar-refractivity contribution in [1.29, 1.82) is 5.26 Å². The van der Waals surface area contributed by atoms with Crippen molar-refractivity contribution in [3.05, 3.63) is 35.5 Å². The van der Waals surface area contributed by atoms with E-state index in [0.29, 0.717) is 25.1 Å². The zero-order chi connectivity index (χ0) is 24.2. The number of esters is 1. The molecule has 34 heavy (non-hydrogen) atoms. The third kappa shape index (κ3) is 4.65. The SMILES string of the molecule is CCn1c(CC[C@@H]2CCCN2C(=O)[C@H]2CCCN2C(=O)CC(=O)OC)cc2ccc(C#N)cc21. The molecule has 2 aliphatic rings. The van der Waals surface area contributed by atoms with Crippen LogP contribution in [0, 0.1) is 11.3 Å². The number of nitrogens with zero attached hydrogens (tertiary/aromatic N) is 4. The predicted octanol–water partition coefficient (Wildman–Crippen LogP) is 3.01. The number of carbonyl (C=O) groups excluding carboxylic acids is 3. The third-order valence-corrected chi connectivity index (χ3v) is 7.21. The Bertz CT molecular complexity index is 1130. The summed E-state index contributed by atoms with van der Waals surface area (Å²) in [6.45, 7) is 4.14. The summed E-state index contributed by atoms with van der Waals surface area (Å²) in [5.74, 6) is -0.897. The normalized spacial score (nSPS) is 20.0. The van der Waals surface area contributed by atoms with Crippen LogP contribution in [-0.2, 0) is 32.1 Å². The molecular formula is C26H32N4O4. The Morgan fingerprint density at radius 1 is 1.12 bits per heavy atom. The molecular weight excluding hydrogens is 432 g/mol. The van der Waals surface area contributed by atoms with Crippen LogP contribution < -0.4 is 0 Å². The van der Waals surface area contributed by atoms with Crippen LogP contribution in [-0.4, -0.2) is 64.4 Å². The van der Waals surface area contributed by atoms with Crippen molar-refractivity contribution >= 4 is 28.7 Å². The number of hydrogen-bond donors (Lipinski definition) is 0. The first-order valence-electron chi connectivity index (χ1n) is 12.2. The second kappa shape index (κ2) is 10.3. The molecule has 1 aromatic heterocycles. The highest BCUT2D eigenvalue weighted by Gasteiger charge is 2.40. The molecule has 2 aromatic rings. The van der Waals surface area contributed by atoms with Crippen LogP contribution in [0.1, 0.15) is 56.7 Å². The molecule has 2 saturated heterocycles. The average Bonchev–Trinajstić information content (AvgIpc) is 3.59. The van der Waals surface area contributed by atoms with Gasteiger partial charge in [-0.25, -0.2) is 0 Å². The quantitative estimate of drug-likeness (QED) is 0.464. The number of aryl methyl sites for hydroxylation is 2. The largest absolute Gasteiger partial charge is 0.469 e. The van der Waals surface area contributed by atoms with Crippen molar-refractivity contribution in [2.24, 2.45) is 0 Å². The van der Waals surface area contributed by atoms with Crippen LogP contribution in [0.15, 0.2) is 24.3 Å². The number of hydrogen-bond acceptors (Lipinski definition) is 5. The van der Waals surface area contributed by atoms with E-state index in [1.165, 1.54) is 12.8 Å². The van der Waals surface area contributed by atoms with Gasteiger partial charge in [-0.3, -0.25) is 14.4 Å². The van der Waals surface area contributed by atoms with Gasteiger partial charge in [0, 0.05) is 36.9 Å². The van der Waals surface area contributed by atoms with Crippen LogP contribution >= 0.6 is 0 Å². The van der Waals surface area contributed by atoms with E-state index >= 15 is 0 Å². The van der Waals surface area contributed by atoms with Crippen molar-refractivity contribution in [3.8, 4) is 6.07 Å². The molecule has 0 N–H and O–H groups in total. The molecule has 0 saturated carbocycles. The van der Waals surface area contributed by atoms with E-state index < -0.39 is 12.0 Å². The first-order valence-corrected chi connectivity index (χ1v) is 12.2. The topological polar surface area (TPSA) is 95.6 Å². The highest BCUT2D eigenvalue weighted by Crippen LogP contribution is 2.29. The van der Waals surface area contributed by atoms with Gasteiger partial charge in [0.15, 0.2) is 0 Å². The number of fused-ring (bicyclic) bond motifs is 1. The molecule has 0 radical (unpaired) electrons. The molecule has 2 fully saturated rings. The van der Waals surface area contributed by atoms with Crippen LogP contribution in [0.5, 0.6) is 0 Å². The highest BCUT2D eigenvalue weighted by molar-refractivity contribution is 5.97. The standard InChI is InChI=1S/C26H32N4O4/c1-3-28-21(15-19-9-8-18(17-27)14-23(19)28)11-10-20-6-4-12-29(20)26(33)22-7-5-13-30(22)24(31)16-25(32)34-2/h8-9,14-15,20,22H,3-7,10-13,16H2,1-2H3/t20-,22+/m0/s1. The molecule has 2 atom stereocenters. The third-order valence-electron chi connectivity index (χ3n) is 7.21. The summed E-state index contributed by atoms with van der Waals surface area (Å²) < 4.78 is 6.87.